The molecule has 1 aliphatic carbocycles. The van der Waals surface area contributed by atoms with Gasteiger partial charge in [-0.3, -0.25) is 0 Å². The van der Waals surface area contributed by atoms with Gasteiger partial charge in [0.15, 0.2) is 0 Å². The number of nitrogens with zero attached hydrogens (tertiary/aromatic N) is 1. The van der Waals surface area contributed by atoms with Gasteiger partial charge in [-0.1, -0.05) is 6.07 Å². The van der Waals surface area contributed by atoms with Crippen molar-refractivity contribution in [3.05, 3.63) is 28.8 Å². The van der Waals surface area contributed by atoms with E-state index < -0.39 is 0 Å². The van der Waals surface area contributed by atoms with Gasteiger partial charge < -0.3 is 5.11 Å². The number of rotatable bonds is 3. The van der Waals surface area contributed by atoms with Gasteiger partial charge in [-0.15, -0.1) is 11.3 Å². The van der Waals surface area contributed by atoms with Gasteiger partial charge >= 0.3 is 0 Å². The Morgan fingerprint density at radius 2 is 2.31 bits per heavy atom. The first-order chi connectivity index (χ1) is 7.72. The van der Waals surface area contributed by atoms with Gasteiger partial charge in [0.2, 0.25) is 0 Å². The third-order valence-corrected chi connectivity index (χ3v) is 4.11. The lowest BCUT2D eigenvalue weighted by Gasteiger charge is -2.03. The Labute approximate surface area is 99.0 Å². The van der Waals surface area contributed by atoms with Crippen LogP contribution < -0.4 is 0 Å². The number of aliphatic hydroxyl groups excluding tert-OH is 1. The average molecular weight is 233 g/mol. The van der Waals surface area contributed by atoms with Gasteiger partial charge in [-0.25, -0.2) is 4.98 Å². The molecule has 3 heteroatoms. The molecule has 1 aliphatic rings. The van der Waals surface area contributed by atoms with Crippen LogP contribution >= 0.6 is 11.3 Å². The molecule has 84 valence electrons. The fourth-order valence-corrected chi connectivity index (χ4v) is 3.16. The van der Waals surface area contributed by atoms with Crippen molar-refractivity contribution in [1.29, 1.82) is 0 Å². The third kappa shape index (κ3) is 1.97. The van der Waals surface area contributed by atoms with Gasteiger partial charge in [0.1, 0.15) is 0 Å². The molecule has 0 spiro atoms. The third-order valence-electron chi connectivity index (χ3n) is 2.93. The van der Waals surface area contributed by atoms with Crippen molar-refractivity contribution in [2.24, 2.45) is 0 Å². The summed E-state index contributed by atoms with van der Waals surface area (Å²) in [7, 11) is 0. The monoisotopic (exact) mass is 233 g/mol. The lowest BCUT2D eigenvalue weighted by Crippen LogP contribution is -2.03. The van der Waals surface area contributed by atoms with Crippen LogP contribution in [0.3, 0.4) is 0 Å². The molecule has 2 aromatic rings. The van der Waals surface area contributed by atoms with Gasteiger partial charge in [0.05, 0.1) is 21.3 Å². The number of hydrogen-bond acceptors (Lipinski definition) is 3. The van der Waals surface area contributed by atoms with Crippen LogP contribution in [0.25, 0.3) is 10.2 Å². The molecule has 0 amide bonds. The SMILES string of the molecule is CC(O)Cc1ccc2nc(C3CC3)sc2c1. The standard InChI is InChI=1S/C13H15NOS/c1-8(15)6-9-2-5-11-12(7-9)16-13(14-11)10-3-4-10/h2,5,7-8,10,15H,3-4,6H2,1H3. The van der Waals surface area contributed by atoms with Crippen molar-refractivity contribution < 1.29 is 5.11 Å². The highest BCUT2D eigenvalue weighted by Crippen LogP contribution is 2.43. The van der Waals surface area contributed by atoms with E-state index in [2.05, 4.69) is 23.2 Å². The summed E-state index contributed by atoms with van der Waals surface area (Å²) in [6, 6.07) is 6.33. The first kappa shape index (κ1) is 10.2. The molecule has 1 fully saturated rings. The molecule has 1 heterocycles. The minimum absolute atomic E-state index is 0.270. The molecule has 0 saturated heterocycles. The van der Waals surface area contributed by atoms with E-state index in [1.54, 1.807) is 0 Å². The van der Waals surface area contributed by atoms with Crippen LogP contribution in [-0.2, 0) is 6.42 Å². The maximum atomic E-state index is 9.37. The van der Waals surface area contributed by atoms with Crippen LogP contribution in [0.2, 0.25) is 0 Å². The summed E-state index contributed by atoms with van der Waals surface area (Å²) in [6.45, 7) is 1.83. The van der Waals surface area contributed by atoms with Gasteiger partial charge in [0, 0.05) is 5.92 Å². The van der Waals surface area contributed by atoms with Gasteiger partial charge in [0.25, 0.3) is 0 Å². The van der Waals surface area contributed by atoms with Crippen molar-refractivity contribution in [2.75, 3.05) is 0 Å². The molecule has 1 aromatic carbocycles. The molecule has 1 aromatic heterocycles. The second kappa shape index (κ2) is 3.82. The van der Waals surface area contributed by atoms with Crippen molar-refractivity contribution in [3.8, 4) is 0 Å². The minimum atomic E-state index is -0.270. The van der Waals surface area contributed by atoms with Crippen molar-refractivity contribution in [2.45, 2.75) is 38.2 Å². The van der Waals surface area contributed by atoms with Crippen molar-refractivity contribution in [1.82, 2.24) is 4.98 Å². The number of thiazole rings is 1. The number of benzene rings is 1. The zero-order chi connectivity index (χ0) is 11.1. The number of aromatic nitrogens is 1. The van der Waals surface area contributed by atoms with Crippen molar-refractivity contribution in [3.63, 3.8) is 0 Å². The first-order valence-corrected chi connectivity index (χ1v) is 6.61. The normalized spacial score (nSPS) is 17.9. The fraction of sp³-hybridized carbons (Fsp3) is 0.462. The van der Waals surface area contributed by atoms with E-state index in [-0.39, 0.29) is 6.10 Å². The van der Waals surface area contributed by atoms with E-state index >= 15 is 0 Å². The lowest BCUT2D eigenvalue weighted by atomic mass is 10.1. The predicted molar refractivity (Wildman–Crippen MR) is 67.0 cm³/mol. The highest BCUT2D eigenvalue weighted by molar-refractivity contribution is 7.18. The number of aliphatic hydroxyl groups is 1. The molecule has 3 rings (SSSR count). The molecule has 16 heavy (non-hydrogen) atoms. The van der Waals surface area contributed by atoms with Gasteiger partial charge in [-0.2, -0.15) is 0 Å². The second-order valence-electron chi connectivity index (χ2n) is 4.68. The summed E-state index contributed by atoms with van der Waals surface area (Å²) >= 11 is 1.82. The summed E-state index contributed by atoms with van der Waals surface area (Å²) in [5.41, 5.74) is 2.31. The first-order valence-electron chi connectivity index (χ1n) is 5.80. The van der Waals surface area contributed by atoms with Crippen LogP contribution in [-0.4, -0.2) is 16.2 Å². The van der Waals surface area contributed by atoms with E-state index in [1.807, 2.05) is 18.3 Å². The van der Waals surface area contributed by atoms with Crippen LogP contribution in [0, 0.1) is 0 Å². The molecule has 2 nitrogen and oxygen atoms in total. The molecule has 1 unspecified atom stereocenters. The Balaban J connectivity index is 1.96. The number of hydrogen-bond donors (Lipinski definition) is 1. The van der Waals surface area contributed by atoms with E-state index in [9.17, 15) is 5.11 Å². The summed E-state index contributed by atoms with van der Waals surface area (Å²) < 4.78 is 1.26. The molecule has 0 bridgehead atoms. The zero-order valence-electron chi connectivity index (χ0n) is 9.31. The molecule has 1 N–H and O–H groups in total. The quantitative estimate of drug-likeness (QED) is 0.883. The Hall–Kier alpha value is -0.930. The maximum Gasteiger partial charge on any atom is 0.0969 e. The summed E-state index contributed by atoms with van der Waals surface area (Å²) in [5, 5.41) is 10.7. The van der Waals surface area contributed by atoms with Gasteiger partial charge in [-0.05, 0) is 43.9 Å². The lowest BCUT2D eigenvalue weighted by molar-refractivity contribution is 0.195. The molecule has 0 radical (unpaired) electrons. The molecule has 0 aliphatic heterocycles. The molecule has 1 saturated carbocycles. The Bertz CT molecular complexity index is 514. The van der Waals surface area contributed by atoms with Crippen LogP contribution in [0.1, 0.15) is 36.3 Å². The molecular formula is C13H15NOS. The van der Waals surface area contributed by atoms with E-state index in [1.165, 1.54) is 28.1 Å². The van der Waals surface area contributed by atoms with E-state index in [0.29, 0.717) is 0 Å². The Morgan fingerprint density at radius 3 is 3.00 bits per heavy atom. The topological polar surface area (TPSA) is 33.1 Å². The van der Waals surface area contributed by atoms with E-state index in [4.69, 9.17) is 0 Å². The minimum Gasteiger partial charge on any atom is -0.393 e. The van der Waals surface area contributed by atoms with Crippen LogP contribution in [0.4, 0.5) is 0 Å². The predicted octanol–water partition coefficient (Wildman–Crippen LogP) is 3.10. The molecular weight excluding hydrogens is 218 g/mol. The average Bonchev–Trinajstić information content (AvgIpc) is 2.98. The summed E-state index contributed by atoms with van der Waals surface area (Å²) in [6.07, 6.45) is 3.07. The molecule has 1 atom stereocenters. The number of fused-ring (bicyclic) bond motifs is 1. The Kier molecular flexibility index (Phi) is 2.45. The van der Waals surface area contributed by atoms with Crippen molar-refractivity contribution >= 4 is 21.6 Å². The van der Waals surface area contributed by atoms with Crippen LogP contribution in [0.15, 0.2) is 18.2 Å². The highest BCUT2D eigenvalue weighted by Gasteiger charge is 2.26. The highest BCUT2D eigenvalue weighted by atomic mass is 32.1. The maximum absolute atomic E-state index is 9.37. The Morgan fingerprint density at radius 1 is 1.50 bits per heavy atom. The largest absolute Gasteiger partial charge is 0.393 e. The van der Waals surface area contributed by atoms with E-state index in [0.717, 1.165) is 17.9 Å². The summed E-state index contributed by atoms with van der Waals surface area (Å²) in [5.74, 6) is 0.734. The zero-order valence-corrected chi connectivity index (χ0v) is 10.1. The smallest absolute Gasteiger partial charge is 0.0969 e. The summed E-state index contributed by atoms with van der Waals surface area (Å²) in [4.78, 5) is 4.65. The fourth-order valence-electron chi connectivity index (χ4n) is 1.96. The second-order valence-corrected chi connectivity index (χ2v) is 5.74. The van der Waals surface area contributed by atoms with Crippen LogP contribution in [0.5, 0.6) is 0 Å².